The maximum Gasteiger partial charge on any atom is 0.254 e. The van der Waals surface area contributed by atoms with Crippen LogP contribution in [0.4, 0.5) is 0 Å². The van der Waals surface area contributed by atoms with Gasteiger partial charge in [0.2, 0.25) is 0 Å². The summed E-state index contributed by atoms with van der Waals surface area (Å²) >= 11 is 3.38. The fraction of sp³-hybridized carbons (Fsp3) is 0.417. The Kier molecular flexibility index (Phi) is 4.80. The minimum atomic E-state index is 0.00706. The molecule has 4 heteroatoms. The van der Waals surface area contributed by atoms with Gasteiger partial charge >= 0.3 is 0 Å². The highest BCUT2D eigenvalue weighted by Crippen LogP contribution is 2.23. The van der Waals surface area contributed by atoms with Gasteiger partial charge in [-0.25, -0.2) is 0 Å². The predicted molar refractivity (Wildman–Crippen MR) is 67.9 cm³/mol. The molecule has 0 unspecified atom stereocenters. The molecule has 0 aliphatic carbocycles. The molecular weight excluding hydrogens is 270 g/mol. The van der Waals surface area contributed by atoms with Crippen molar-refractivity contribution in [1.82, 2.24) is 4.90 Å². The molecule has 0 fully saturated rings. The zero-order chi connectivity index (χ0) is 12.1. The molecule has 0 aliphatic heterocycles. The molecule has 0 bridgehead atoms. The highest BCUT2D eigenvalue weighted by Gasteiger charge is 2.14. The number of hydrogen-bond acceptors (Lipinski definition) is 2. The third-order valence-electron chi connectivity index (χ3n) is 2.31. The van der Waals surface area contributed by atoms with E-state index in [1.54, 1.807) is 25.1 Å². The number of halogens is 1. The van der Waals surface area contributed by atoms with Crippen LogP contribution < -0.4 is 4.74 Å². The molecular formula is C12H16BrNO2. The summed E-state index contributed by atoms with van der Waals surface area (Å²) in [5.41, 5.74) is 0.635. The van der Waals surface area contributed by atoms with E-state index >= 15 is 0 Å². The number of benzene rings is 1. The molecule has 88 valence electrons. The molecule has 0 spiro atoms. The van der Waals surface area contributed by atoms with Gasteiger partial charge < -0.3 is 9.64 Å². The number of amides is 1. The van der Waals surface area contributed by atoms with Crippen LogP contribution in [-0.2, 0) is 0 Å². The first-order chi connectivity index (χ1) is 7.60. The van der Waals surface area contributed by atoms with Crippen LogP contribution in [0.3, 0.4) is 0 Å². The van der Waals surface area contributed by atoms with E-state index in [4.69, 9.17) is 4.74 Å². The summed E-state index contributed by atoms with van der Waals surface area (Å²) in [6.45, 7) is 2.80. The van der Waals surface area contributed by atoms with E-state index < -0.39 is 0 Å². The van der Waals surface area contributed by atoms with Gasteiger partial charge in [0.1, 0.15) is 5.75 Å². The average Bonchev–Trinajstić information content (AvgIpc) is 2.29. The molecule has 0 heterocycles. The maximum absolute atomic E-state index is 12.1. The summed E-state index contributed by atoms with van der Waals surface area (Å²) in [6, 6.07) is 5.39. The second kappa shape index (κ2) is 5.89. The quantitative estimate of drug-likeness (QED) is 0.851. The van der Waals surface area contributed by atoms with Crippen molar-refractivity contribution in [2.75, 3.05) is 20.7 Å². The molecule has 1 rings (SSSR count). The van der Waals surface area contributed by atoms with Gasteiger partial charge in [-0.05, 0) is 40.5 Å². The lowest BCUT2D eigenvalue weighted by Gasteiger charge is -2.17. The Labute approximate surface area is 105 Å². The Bertz CT molecular complexity index is 379. The molecule has 0 radical (unpaired) electrons. The van der Waals surface area contributed by atoms with Crippen molar-refractivity contribution in [3.05, 3.63) is 28.2 Å². The number of carbonyl (C=O) groups excluding carboxylic acids is 1. The molecule has 0 aromatic heterocycles. The van der Waals surface area contributed by atoms with Crippen molar-refractivity contribution in [3.63, 3.8) is 0 Å². The molecule has 0 saturated heterocycles. The second-order valence-corrected chi connectivity index (χ2v) is 4.43. The first-order valence-corrected chi connectivity index (χ1v) is 5.98. The minimum absolute atomic E-state index is 0.00706. The molecule has 0 N–H and O–H groups in total. The van der Waals surface area contributed by atoms with Gasteiger partial charge in [0.25, 0.3) is 5.91 Å². The number of nitrogens with zero attached hydrogens (tertiary/aromatic N) is 1. The standard InChI is InChI=1S/C12H16BrNO2/c1-4-7-14(2)12(15)10-8-9(16-3)5-6-11(10)13/h5-6,8H,4,7H2,1-3H3. The first kappa shape index (κ1) is 13.0. The van der Waals surface area contributed by atoms with E-state index in [-0.39, 0.29) is 5.91 Å². The zero-order valence-corrected chi connectivity index (χ0v) is 11.4. The van der Waals surface area contributed by atoms with Gasteiger partial charge in [-0.15, -0.1) is 0 Å². The predicted octanol–water partition coefficient (Wildman–Crippen LogP) is 2.94. The van der Waals surface area contributed by atoms with E-state index in [1.807, 2.05) is 19.1 Å². The van der Waals surface area contributed by atoms with Crippen molar-refractivity contribution >= 4 is 21.8 Å². The Balaban J connectivity index is 2.97. The van der Waals surface area contributed by atoms with Crippen molar-refractivity contribution in [2.24, 2.45) is 0 Å². The van der Waals surface area contributed by atoms with Crippen LogP contribution in [0.2, 0.25) is 0 Å². The lowest BCUT2D eigenvalue weighted by molar-refractivity contribution is 0.0794. The van der Waals surface area contributed by atoms with Crippen LogP contribution in [0.5, 0.6) is 5.75 Å². The molecule has 0 aliphatic rings. The van der Waals surface area contributed by atoms with Crippen LogP contribution in [0.25, 0.3) is 0 Å². The van der Waals surface area contributed by atoms with Crippen LogP contribution in [-0.4, -0.2) is 31.5 Å². The van der Waals surface area contributed by atoms with Crippen LogP contribution >= 0.6 is 15.9 Å². The Morgan fingerprint density at radius 3 is 2.75 bits per heavy atom. The molecule has 3 nitrogen and oxygen atoms in total. The van der Waals surface area contributed by atoms with Gasteiger partial charge in [-0.3, -0.25) is 4.79 Å². The average molecular weight is 286 g/mol. The van der Waals surface area contributed by atoms with E-state index in [2.05, 4.69) is 15.9 Å². The third kappa shape index (κ3) is 2.98. The monoisotopic (exact) mass is 285 g/mol. The van der Waals surface area contributed by atoms with Crippen LogP contribution in [0, 0.1) is 0 Å². The number of hydrogen-bond donors (Lipinski definition) is 0. The van der Waals surface area contributed by atoms with E-state index in [1.165, 1.54) is 0 Å². The summed E-state index contributed by atoms with van der Waals surface area (Å²) in [5, 5.41) is 0. The van der Waals surface area contributed by atoms with Gasteiger partial charge in [0.15, 0.2) is 0 Å². The Morgan fingerprint density at radius 2 is 2.19 bits per heavy atom. The molecule has 1 aromatic rings. The van der Waals surface area contributed by atoms with Crippen molar-refractivity contribution in [1.29, 1.82) is 0 Å². The maximum atomic E-state index is 12.1. The normalized spacial score (nSPS) is 10.0. The minimum Gasteiger partial charge on any atom is -0.497 e. The molecule has 16 heavy (non-hydrogen) atoms. The zero-order valence-electron chi connectivity index (χ0n) is 9.79. The van der Waals surface area contributed by atoms with Crippen molar-refractivity contribution in [3.8, 4) is 5.75 Å². The SMILES string of the molecule is CCCN(C)C(=O)c1cc(OC)ccc1Br. The number of rotatable bonds is 4. The first-order valence-electron chi connectivity index (χ1n) is 5.19. The summed E-state index contributed by atoms with van der Waals surface area (Å²) in [6.07, 6.45) is 0.948. The van der Waals surface area contributed by atoms with E-state index in [9.17, 15) is 4.79 Å². The van der Waals surface area contributed by atoms with Gasteiger partial charge in [0.05, 0.1) is 12.7 Å². The lowest BCUT2D eigenvalue weighted by Crippen LogP contribution is -2.27. The van der Waals surface area contributed by atoms with Gasteiger partial charge in [-0.1, -0.05) is 6.92 Å². The Hall–Kier alpha value is -1.03. The summed E-state index contributed by atoms with van der Waals surface area (Å²) in [5.74, 6) is 0.698. The topological polar surface area (TPSA) is 29.5 Å². The van der Waals surface area contributed by atoms with Crippen molar-refractivity contribution in [2.45, 2.75) is 13.3 Å². The number of carbonyl (C=O) groups is 1. The summed E-state index contributed by atoms with van der Waals surface area (Å²) < 4.78 is 5.90. The van der Waals surface area contributed by atoms with Crippen molar-refractivity contribution < 1.29 is 9.53 Å². The third-order valence-corrected chi connectivity index (χ3v) is 3.00. The largest absolute Gasteiger partial charge is 0.497 e. The Morgan fingerprint density at radius 1 is 1.50 bits per heavy atom. The van der Waals surface area contributed by atoms with Crippen LogP contribution in [0.15, 0.2) is 22.7 Å². The second-order valence-electron chi connectivity index (χ2n) is 3.57. The fourth-order valence-corrected chi connectivity index (χ4v) is 1.85. The molecule has 1 aromatic carbocycles. The van der Waals surface area contributed by atoms with Gasteiger partial charge in [-0.2, -0.15) is 0 Å². The number of ether oxygens (including phenoxy) is 1. The van der Waals surface area contributed by atoms with E-state index in [0.29, 0.717) is 11.3 Å². The molecule has 0 saturated carbocycles. The van der Waals surface area contributed by atoms with E-state index in [0.717, 1.165) is 17.4 Å². The fourth-order valence-electron chi connectivity index (χ4n) is 1.44. The smallest absolute Gasteiger partial charge is 0.254 e. The highest BCUT2D eigenvalue weighted by atomic mass is 79.9. The lowest BCUT2D eigenvalue weighted by atomic mass is 10.2. The highest BCUT2D eigenvalue weighted by molar-refractivity contribution is 9.10. The molecule has 1 amide bonds. The molecule has 0 atom stereocenters. The summed E-state index contributed by atoms with van der Waals surface area (Å²) in [7, 11) is 3.39. The van der Waals surface area contributed by atoms with Gasteiger partial charge in [0, 0.05) is 18.1 Å². The summed E-state index contributed by atoms with van der Waals surface area (Å²) in [4.78, 5) is 13.8. The van der Waals surface area contributed by atoms with Crippen LogP contribution in [0.1, 0.15) is 23.7 Å². The number of methoxy groups -OCH3 is 1.